The Morgan fingerprint density at radius 3 is 2.87 bits per heavy atom. The number of ether oxygens (including phenoxy) is 2. The Morgan fingerprint density at radius 2 is 2.19 bits per heavy atom. The van der Waals surface area contributed by atoms with Crippen molar-refractivity contribution in [2.45, 2.75) is 44.8 Å². The molecule has 3 aromatic rings. The van der Waals surface area contributed by atoms with E-state index in [4.69, 9.17) is 14.5 Å². The summed E-state index contributed by atoms with van der Waals surface area (Å²) in [5.41, 5.74) is 3.38. The Bertz CT molecular complexity index is 1130. The third kappa shape index (κ3) is 3.51. The third-order valence-electron chi connectivity index (χ3n) is 6.63. The number of nitrogens with zero attached hydrogens (tertiary/aromatic N) is 3. The fourth-order valence-corrected chi connectivity index (χ4v) is 4.84. The molecule has 0 radical (unpaired) electrons. The summed E-state index contributed by atoms with van der Waals surface area (Å²) in [6, 6.07) is 8.49. The van der Waals surface area contributed by atoms with Crippen LogP contribution in [0.2, 0.25) is 0 Å². The fraction of sp³-hybridized carbons (Fsp3) is 0.458. The molecule has 2 fully saturated rings. The van der Waals surface area contributed by atoms with E-state index in [0.29, 0.717) is 25.1 Å². The molecule has 0 spiro atoms. The third-order valence-corrected chi connectivity index (χ3v) is 6.63. The summed E-state index contributed by atoms with van der Waals surface area (Å²) in [7, 11) is 1.72. The predicted octanol–water partition coefficient (Wildman–Crippen LogP) is 4.29. The SMILES string of the molecule is CO[C@@]1(c2cccc(-c3cn([C@H]4C[C@H](C)C4)c4cnc(NC(C)=O)cc34)n2)CCOC1. The molecule has 2 aliphatic rings. The minimum Gasteiger partial charge on any atom is -0.378 e. The Kier molecular flexibility index (Phi) is 5.02. The van der Waals surface area contributed by atoms with Crippen LogP contribution >= 0.6 is 0 Å². The lowest BCUT2D eigenvalue weighted by molar-refractivity contribution is -0.114. The molecule has 162 valence electrons. The van der Waals surface area contributed by atoms with Crippen LogP contribution < -0.4 is 5.32 Å². The molecule has 1 aliphatic heterocycles. The number of carbonyl (C=O) groups is 1. The van der Waals surface area contributed by atoms with Crippen molar-refractivity contribution in [1.29, 1.82) is 0 Å². The highest BCUT2D eigenvalue weighted by atomic mass is 16.5. The topological polar surface area (TPSA) is 78.3 Å². The zero-order valence-electron chi connectivity index (χ0n) is 18.2. The monoisotopic (exact) mass is 420 g/mol. The molecular weight excluding hydrogens is 392 g/mol. The van der Waals surface area contributed by atoms with E-state index in [9.17, 15) is 4.79 Å². The van der Waals surface area contributed by atoms with Crippen molar-refractivity contribution in [3.63, 3.8) is 0 Å². The lowest BCUT2D eigenvalue weighted by Gasteiger charge is -2.34. The van der Waals surface area contributed by atoms with E-state index in [1.54, 1.807) is 7.11 Å². The molecule has 1 saturated carbocycles. The van der Waals surface area contributed by atoms with Crippen LogP contribution in [0.25, 0.3) is 22.2 Å². The molecule has 1 aliphatic carbocycles. The Hall–Kier alpha value is -2.77. The van der Waals surface area contributed by atoms with Crippen molar-refractivity contribution in [3.05, 3.63) is 42.4 Å². The minimum absolute atomic E-state index is 0.135. The normalized spacial score (nSPS) is 25.5. The molecule has 4 heterocycles. The number of anilines is 1. The molecule has 0 bridgehead atoms. The van der Waals surface area contributed by atoms with Gasteiger partial charge in [-0.3, -0.25) is 4.79 Å². The molecule has 1 atom stereocenters. The number of pyridine rings is 2. The first-order valence-electron chi connectivity index (χ1n) is 10.9. The number of hydrogen-bond donors (Lipinski definition) is 1. The molecule has 1 saturated heterocycles. The van der Waals surface area contributed by atoms with Gasteiger partial charge in [-0.05, 0) is 37.0 Å². The van der Waals surface area contributed by atoms with Crippen LogP contribution in [0.5, 0.6) is 0 Å². The van der Waals surface area contributed by atoms with Crippen LogP contribution in [0.15, 0.2) is 36.7 Å². The van der Waals surface area contributed by atoms with Gasteiger partial charge < -0.3 is 19.4 Å². The first-order chi connectivity index (χ1) is 15.0. The smallest absolute Gasteiger partial charge is 0.222 e. The molecule has 1 N–H and O–H groups in total. The summed E-state index contributed by atoms with van der Waals surface area (Å²) < 4.78 is 13.8. The summed E-state index contributed by atoms with van der Waals surface area (Å²) in [6.45, 7) is 4.96. The van der Waals surface area contributed by atoms with Crippen LogP contribution in [-0.4, -0.2) is 40.8 Å². The molecule has 0 aromatic carbocycles. The summed E-state index contributed by atoms with van der Waals surface area (Å²) >= 11 is 0. The minimum atomic E-state index is -0.499. The number of amides is 1. The van der Waals surface area contributed by atoms with Crippen LogP contribution in [0.4, 0.5) is 5.82 Å². The van der Waals surface area contributed by atoms with Gasteiger partial charge in [0, 0.05) is 50.2 Å². The molecule has 31 heavy (non-hydrogen) atoms. The highest BCUT2D eigenvalue weighted by molar-refractivity contribution is 5.98. The Labute approximate surface area is 181 Å². The summed E-state index contributed by atoms with van der Waals surface area (Å²) in [5, 5.41) is 3.84. The quantitative estimate of drug-likeness (QED) is 0.666. The maximum Gasteiger partial charge on any atom is 0.222 e. The highest BCUT2D eigenvalue weighted by Crippen LogP contribution is 2.42. The number of hydrogen-bond acceptors (Lipinski definition) is 5. The van der Waals surface area contributed by atoms with Gasteiger partial charge in [-0.2, -0.15) is 0 Å². The second-order valence-electron chi connectivity index (χ2n) is 8.86. The van der Waals surface area contributed by atoms with E-state index in [0.717, 1.165) is 53.0 Å². The number of methoxy groups -OCH3 is 1. The van der Waals surface area contributed by atoms with Crippen LogP contribution in [0.3, 0.4) is 0 Å². The van der Waals surface area contributed by atoms with Gasteiger partial charge in [0.2, 0.25) is 5.91 Å². The summed E-state index contributed by atoms with van der Waals surface area (Å²) in [5.74, 6) is 1.15. The lowest BCUT2D eigenvalue weighted by Crippen LogP contribution is -2.30. The molecule has 1 amide bonds. The van der Waals surface area contributed by atoms with Crippen molar-refractivity contribution in [2.75, 3.05) is 25.6 Å². The zero-order chi connectivity index (χ0) is 21.6. The van der Waals surface area contributed by atoms with Crippen molar-refractivity contribution in [2.24, 2.45) is 5.92 Å². The van der Waals surface area contributed by atoms with Crippen molar-refractivity contribution >= 4 is 22.6 Å². The fourth-order valence-electron chi connectivity index (χ4n) is 4.84. The van der Waals surface area contributed by atoms with Gasteiger partial charge in [-0.25, -0.2) is 9.97 Å². The molecular formula is C24H28N4O3. The first kappa shape index (κ1) is 20.2. The van der Waals surface area contributed by atoms with Crippen molar-refractivity contribution < 1.29 is 14.3 Å². The number of aromatic nitrogens is 3. The maximum absolute atomic E-state index is 11.6. The van der Waals surface area contributed by atoms with Crippen molar-refractivity contribution in [1.82, 2.24) is 14.5 Å². The van der Waals surface area contributed by atoms with E-state index >= 15 is 0 Å². The van der Waals surface area contributed by atoms with Gasteiger partial charge >= 0.3 is 0 Å². The van der Waals surface area contributed by atoms with E-state index in [1.165, 1.54) is 6.92 Å². The second-order valence-corrected chi connectivity index (χ2v) is 8.86. The standard InChI is InChI=1S/C24H28N4O3/c1-15-9-17(10-15)28-13-19(18-11-23(26-16(2)29)25-12-21(18)28)20-5-4-6-22(27-20)24(30-3)7-8-31-14-24/h4-6,11-13,15,17H,7-10,14H2,1-3H3,(H,25,26,29)/t15-,17-,24-/m0/s1. The van der Waals surface area contributed by atoms with E-state index in [-0.39, 0.29) is 5.91 Å². The molecule has 0 unspecified atom stereocenters. The maximum atomic E-state index is 11.6. The average molecular weight is 421 g/mol. The Morgan fingerprint density at radius 1 is 1.35 bits per heavy atom. The molecule has 7 nitrogen and oxygen atoms in total. The zero-order valence-corrected chi connectivity index (χ0v) is 18.2. The van der Waals surface area contributed by atoms with E-state index < -0.39 is 5.60 Å². The molecule has 5 rings (SSSR count). The van der Waals surface area contributed by atoms with Gasteiger partial charge in [0.25, 0.3) is 0 Å². The van der Waals surface area contributed by atoms with E-state index in [2.05, 4.69) is 28.0 Å². The largest absolute Gasteiger partial charge is 0.378 e. The van der Waals surface area contributed by atoms with Crippen LogP contribution in [0, 0.1) is 5.92 Å². The van der Waals surface area contributed by atoms with Crippen LogP contribution in [0.1, 0.15) is 44.8 Å². The number of carbonyl (C=O) groups excluding carboxylic acids is 1. The highest BCUT2D eigenvalue weighted by Gasteiger charge is 2.38. The van der Waals surface area contributed by atoms with Gasteiger partial charge in [-0.15, -0.1) is 0 Å². The van der Waals surface area contributed by atoms with Crippen molar-refractivity contribution in [3.8, 4) is 11.3 Å². The van der Waals surface area contributed by atoms with Gasteiger partial charge in [0.1, 0.15) is 11.4 Å². The van der Waals surface area contributed by atoms with Gasteiger partial charge in [0.05, 0.1) is 29.7 Å². The van der Waals surface area contributed by atoms with E-state index in [1.807, 2.05) is 30.5 Å². The predicted molar refractivity (Wildman–Crippen MR) is 119 cm³/mol. The molecule has 3 aromatic heterocycles. The number of rotatable bonds is 5. The van der Waals surface area contributed by atoms with Gasteiger partial charge in [0.15, 0.2) is 0 Å². The average Bonchev–Trinajstić information content (AvgIpc) is 3.37. The molecule has 7 heteroatoms. The summed E-state index contributed by atoms with van der Waals surface area (Å²) in [6.07, 6.45) is 7.16. The summed E-state index contributed by atoms with van der Waals surface area (Å²) in [4.78, 5) is 21.1. The number of nitrogens with one attached hydrogen (secondary N) is 1. The second kappa shape index (κ2) is 7.73. The van der Waals surface area contributed by atoms with Crippen LogP contribution in [-0.2, 0) is 19.9 Å². The van der Waals surface area contributed by atoms with Gasteiger partial charge in [-0.1, -0.05) is 13.0 Å². The number of fused-ring (bicyclic) bond motifs is 1. The Balaban J connectivity index is 1.63. The lowest BCUT2D eigenvalue weighted by atomic mass is 9.81. The first-order valence-corrected chi connectivity index (χ1v) is 10.9.